The highest BCUT2D eigenvalue weighted by Crippen LogP contribution is 2.37. The van der Waals surface area contributed by atoms with Crippen LogP contribution < -0.4 is 5.73 Å². The Balaban J connectivity index is 2.83. The van der Waals surface area contributed by atoms with E-state index in [2.05, 4.69) is 0 Å². The van der Waals surface area contributed by atoms with Crippen molar-refractivity contribution in [2.75, 3.05) is 5.73 Å². The normalized spacial score (nSPS) is 10.8. The molecule has 0 fully saturated rings. The third-order valence-corrected chi connectivity index (χ3v) is 3.22. The van der Waals surface area contributed by atoms with Gasteiger partial charge in [-0.3, -0.25) is 0 Å². The van der Waals surface area contributed by atoms with Gasteiger partial charge in [0.2, 0.25) is 0 Å². The average molecular weight is 214 g/mol. The summed E-state index contributed by atoms with van der Waals surface area (Å²) in [5.74, 6) is 0.517. The van der Waals surface area contributed by atoms with Crippen LogP contribution >= 0.6 is 22.9 Å². The Kier molecular flexibility index (Phi) is 2.06. The Hall–Kier alpha value is -0.930. The second-order valence-electron chi connectivity index (χ2n) is 2.77. The first-order chi connectivity index (χ1) is 6.24. The average Bonchev–Trinajstić information content (AvgIpc) is 2.49. The molecule has 13 heavy (non-hydrogen) atoms. The number of benzene rings is 1. The molecule has 0 amide bonds. The van der Waals surface area contributed by atoms with E-state index in [-0.39, 0.29) is 5.75 Å². The van der Waals surface area contributed by atoms with Gasteiger partial charge in [0.15, 0.2) is 0 Å². The molecule has 1 aromatic carbocycles. The Morgan fingerprint density at radius 1 is 1.46 bits per heavy atom. The third-order valence-electron chi connectivity index (χ3n) is 1.97. The second kappa shape index (κ2) is 3.09. The molecule has 0 saturated carbocycles. The number of thiophene rings is 1. The van der Waals surface area contributed by atoms with Gasteiger partial charge in [-0.05, 0) is 6.07 Å². The predicted molar refractivity (Wildman–Crippen MR) is 57.5 cm³/mol. The van der Waals surface area contributed by atoms with Crippen molar-refractivity contribution >= 4 is 38.7 Å². The zero-order valence-electron chi connectivity index (χ0n) is 6.75. The van der Waals surface area contributed by atoms with Crippen LogP contribution in [0, 0.1) is 0 Å². The minimum absolute atomic E-state index is 0.214. The molecule has 0 bridgehead atoms. The maximum absolute atomic E-state index is 9.76. The number of phenolic OH excluding ortho intramolecular Hbond substituents is 1. The maximum atomic E-state index is 9.76. The molecule has 1 aromatic heterocycles. The minimum Gasteiger partial charge on any atom is -0.507 e. The first-order valence-corrected chi connectivity index (χ1v) is 5.19. The highest BCUT2D eigenvalue weighted by atomic mass is 35.5. The molecular weight excluding hydrogens is 206 g/mol. The van der Waals surface area contributed by atoms with E-state index >= 15 is 0 Å². The highest BCUT2D eigenvalue weighted by Gasteiger charge is 2.09. The fourth-order valence-corrected chi connectivity index (χ4v) is 2.35. The number of nitrogen functional groups attached to an aromatic ring is 1. The van der Waals surface area contributed by atoms with E-state index in [9.17, 15) is 5.11 Å². The van der Waals surface area contributed by atoms with Crippen LogP contribution in [0.1, 0.15) is 5.56 Å². The number of hydrogen-bond acceptors (Lipinski definition) is 3. The summed E-state index contributed by atoms with van der Waals surface area (Å²) in [5.41, 5.74) is 7.04. The van der Waals surface area contributed by atoms with Crippen molar-refractivity contribution in [3.8, 4) is 5.75 Å². The number of alkyl halides is 1. The molecule has 2 rings (SSSR count). The molecule has 0 atom stereocenters. The zero-order chi connectivity index (χ0) is 9.42. The maximum Gasteiger partial charge on any atom is 0.130 e. The van der Waals surface area contributed by atoms with Gasteiger partial charge < -0.3 is 10.8 Å². The number of halogens is 1. The minimum atomic E-state index is 0.214. The Morgan fingerprint density at radius 3 is 2.92 bits per heavy atom. The van der Waals surface area contributed by atoms with Crippen molar-refractivity contribution in [1.82, 2.24) is 0 Å². The summed E-state index contributed by atoms with van der Waals surface area (Å²) in [6.07, 6.45) is 0. The standard InChI is InChI=1S/C9H8ClNOS/c10-3-5-1-2-7-8(9(5)12)6(11)4-13-7/h1-2,4,12H,3,11H2. The lowest BCUT2D eigenvalue weighted by molar-refractivity contribution is 0.477. The van der Waals surface area contributed by atoms with Crippen molar-refractivity contribution in [1.29, 1.82) is 0 Å². The SMILES string of the molecule is Nc1csc2ccc(CCl)c(O)c12. The van der Waals surface area contributed by atoms with Crippen LogP contribution in [0.3, 0.4) is 0 Å². The van der Waals surface area contributed by atoms with Gasteiger partial charge in [-0.2, -0.15) is 0 Å². The van der Waals surface area contributed by atoms with Gasteiger partial charge in [-0.1, -0.05) is 6.07 Å². The van der Waals surface area contributed by atoms with Gasteiger partial charge in [0.25, 0.3) is 0 Å². The van der Waals surface area contributed by atoms with Crippen molar-refractivity contribution in [3.05, 3.63) is 23.1 Å². The molecule has 2 nitrogen and oxygen atoms in total. The van der Waals surface area contributed by atoms with Crippen molar-refractivity contribution < 1.29 is 5.11 Å². The first-order valence-electron chi connectivity index (χ1n) is 3.77. The molecule has 2 aromatic rings. The van der Waals surface area contributed by atoms with Gasteiger partial charge >= 0.3 is 0 Å². The van der Waals surface area contributed by atoms with Crippen LogP contribution in [-0.4, -0.2) is 5.11 Å². The summed E-state index contributed by atoms with van der Waals surface area (Å²) in [7, 11) is 0. The fraction of sp³-hybridized carbons (Fsp3) is 0.111. The van der Waals surface area contributed by atoms with Gasteiger partial charge in [-0.15, -0.1) is 22.9 Å². The number of aromatic hydroxyl groups is 1. The summed E-state index contributed by atoms with van der Waals surface area (Å²) in [4.78, 5) is 0. The van der Waals surface area contributed by atoms with Crippen LogP contribution in [0.25, 0.3) is 10.1 Å². The number of phenols is 1. The zero-order valence-corrected chi connectivity index (χ0v) is 8.32. The summed E-state index contributed by atoms with van der Waals surface area (Å²) in [5, 5.41) is 12.3. The van der Waals surface area contributed by atoms with Crippen LogP contribution in [0.15, 0.2) is 17.5 Å². The van der Waals surface area contributed by atoms with Gasteiger partial charge in [0, 0.05) is 15.6 Å². The molecule has 0 saturated heterocycles. The third kappa shape index (κ3) is 1.24. The van der Waals surface area contributed by atoms with E-state index in [1.807, 2.05) is 17.5 Å². The van der Waals surface area contributed by atoms with E-state index in [1.54, 1.807) is 0 Å². The molecule has 3 N–H and O–H groups in total. The quantitative estimate of drug-likeness (QED) is 0.716. The number of fused-ring (bicyclic) bond motifs is 1. The predicted octanol–water partition coefficient (Wildman–Crippen LogP) is 2.93. The number of rotatable bonds is 1. The smallest absolute Gasteiger partial charge is 0.130 e. The first kappa shape index (κ1) is 8.66. The molecule has 0 unspecified atom stereocenters. The van der Waals surface area contributed by atoms with Crippen molar-refractivity contribution in [3.63, 3.8) is 0 Å². The Labute approximate surface area is 84.6 Å². The molecule has 4 heteroatoms. The molecular formula is C9H8ClNOS. The number of nitrogens with two attached hydrogens (primary N) is 1. The van der Waals surface area contributed by atoms with Crippen molar-refractivity contribution in [2.45, 2.75) is 5.88 Å². The second-order valence-corrected chi connectivity index (χ2v) is 3.95. The topological polar surface area (TPSA) is 46.2 Å². The number of hydrogen-bond donors (Lipinski definition) is 2. The largest absolute Gasteiger partial charge is 0.507 e. The summed E-state index contributed by atoms with van der Waals surface area (Å²) < 4.78 is 0.990. The molecule has 0 aliphatic heterocycles. The molecule has 0 radical (unpaired) electrons. The summed E-state index contributed by atoms with van der Waals surface area (Å²) in [6, 6.07) is 3.74. The highest BCUT2D eigenvalue weighted by molar-refractivity contribution is 7.17. The molecule has 1 heterocycles. The van der Waals surface area contributed by atoms with Crippen LogP contribution in [-0.2, 0) is 5.88 Å². The van der Waals surface area contributed by atoms with Gasteiger partial charge in [0.1, 0.15) is 5.75 Å². The molecule has 0 spiro atoms. The monoisotopic (exact) mass is 213 g/mol. The lowest BCUT2D eigenvalue weighted by Crippen LogP contribution is -1.84. The molecule has 68 valence electrons. The van der Waals surface area contributed by atoms with Crippen LogP contribution in [0.5, 0.6) is 5.75 Å². The van der Waals surface area contributed by atoms with Gasteiger partial charge in [-0.25, -0.2) is 0 Å². The lowest BCUT2D eigenvalue weighted by atomic mass is 10.1. The Morgan fingerprint density at radius 2 is 2.23 bits per heavy atom. The van der Waals surface area contributed by atoms with E-state index in [0.29, 0.717) is 11.6 Å². The number of anilines is 1. The summed E-state index contributed by atoms with van der Waals surface area (Å²) in [6.45, 7) is 0. The van der Waals surface area contributed by atoms with E-state index in [4.69, 9.17) is 17.3 Å². The van der Waals surface area contributed by atoms with Crippen molar-refractivity contribution in [2.24, 2.45) is 0 Å². The molecule has 0 aliphatic carbocycles. The van der Waals surface area contributed by atoms with Crippen LogP contribution in [0.2, 0.25) is 0 Å². The Bertz CT molecular complexity index is 452. The van der Waals surface area contributed by atoms with E-state index < -0.39 is 0 Å². The summed E-state index contributed by atoms with van der Waals surface area (Å²) >= 11 is 7.17. The molecule has 0 aliphatic rings. The lowest BCUT2D eigenvalue weighted by Gasteiger charge is -2.02. The fourth-order valence-electron chi connectivity index (χ4n) is 1.29. The van der Waals surface area contributed by atoms with Crippen LogP contribution in [0.4, 0.5) is 5.69 Å². The van der Waals surface area contributed by atoms with E-state index in [1.165, 1.54) is 11.3 Å². The van der Waals surface area contributed by atoms with E-state index in [0.717, 1.165) is 15.6 Å². The van der Waals surface area contributed by atoms with Gasteiger partial charge in [0.05, 0.1) is 17.0 Å².